The summed E-state index contributed by atoms with van der Waals surface area (Å²) in [6.07, 6.45) is 8.25. The van der Waals surface area contributed by atoms with Crippen molar-refractivity contribution in [3.05, 3.63) is 125 Å². The number of carbonyl (C=O) groups excluding carboxylic acids is 3. The smallest absolute Gasteiger partial charge is 0.254 e. The Bertz CT molecular complexity index is 2750. The maximum Gasteiger partial charge on any atom is 0.254 e. The van der Waals surface area contributed by atoms with Gasteiger partial charge in [-0.05, 0) is 148 Å². The lowest BCUT2D eigenvalue weighted by atomic mass is 9.88. The second-order valence-electron chi connectivity index (χ2n) is 18.5. The molecule has 0 unspecified atom stereocenters. The molecule has 342 valence electrons. The molecular formula is C51H58FN11O3. The lowest BCUT2D eigenvalue weighted by Crippen LogP contribution is -2.47. The number of anilines is 2. The molecular weight excluding hydrogens is 834 g/mol. The zero-order chi connectivity index (χ0) is 45.5. The van der Waals surface area contributed by atoms with Crippen molar-refractivity contribution in [3.8, 4) is 11.1 Å². The molecule has 2 atom stereocenters. The van der Waals surface area contributed by atoms with Gasteiger partial charge in [0, 0.05) is 79.9 Å². The van der Waals surface area contributed by atoms with E-state index < -0.39 is 6.04 Å². The van der Waals surface area contributed by atoms with Crippen molar-refractivity contribution in [3.63, 3.8) is 0 Å². The number of fused-ring (bicyclic) bond motifs is 2. The monoisotopic (exact) mass is 891 g/mol. The molecule has 3 N–H and O–H groups in total. The van der Waals surface area contributed by atoms with Crippen LogP contribution in [0.1, 0.15) is 102 Å². The molecule has 0 aliphatic carbocycles. The van der Waals surface area contributed by atoms with Crippen molar-refractivity contribution in [2.24, 2.45) is 7.05 Å². The Hall–Kier alpha value is -6.45. The van der Waals surface area contributed by atoms with Crippen molar-refractivity contribution in [1.29, 1.82) is 0 Å². The van der Waals surface area contributed by atoms with Crippen LogP contribution in [-0.2, 0) is 36.3 Å². The van der Waals surface area contributed by atoms with Crippen molar-refractivity contribution in [1.82, 2.24) is 44.3 Å². The second kappa shape index (κ2) is 18.4. The van der Waals surface area contributed by atoms with E-state index in [1.807, 2.05) is 59.4 Å². The fraction of sp³-hybridized carbons (Fsp3) is 0.412. The van der Waals surface area contributed by atoms with Crippen molar-refractivity contribution in [2.75, 3.05) is 50.4 Å². The van der Waals surface area contributed by atoms with Crippen LogP contribution >= 0.6 is 0 Å². The van der Waals surface area contributed by atoms with Crippen LogP contribution in [0.4, 0.5) is 15.9 Å². The predicted octanol–water partition coefficient (Wildman–Crippen LogP) is 7.21. The highest BCUT2D eigenvalue weighted by molar-refractivity contribution is 6.01. The van der Waals surface area contributed by atoms with E-state index in [0.29, 0.717) is 49.8 Å². The Labute approximate surface area is 384 Å². The highest BCUT2D eigenvalue weighted by Gasteiger charge is 2.30. The van der Waals surface area contributed by atoms with Gasteiger partial charge in [-0.15, -0.1) is 0 Å². The summed E-state index contributed by atoms with van der Waals surface area (Å²) in [5, 5.41) is 14.6. The number of carbonyl (C=O) groups is 3. The van der Waals surface area contributed by atoms with Gasteiger partial charge in [0.05, 0.1) is 24.5 Å². The number of piperidine rings is 3. The van der Waals surface area contributed by atoms with Crippen LogP contribution in [0.15, 0.2) is 85.2 Å². The van der Waals surface area contributed by atoms with E-state index in [-0.39, 0.29) is 41.9 Å². The minimum atomic E-state index is -0.550. The lowest BCUT2D eigenvalue weighted by Gasteiger charge is -2.36. The van der Waals surface area contributed by atoms with Gasteiger partial charge in [0.15, 0.2) is 0 Å². The molecule has 0 spiro atoms. The van der Waals surface area contributed by atoms with Crippen LogP contribution in [0, 0.1) is 5.82 Å². The minimum Gasteiger partial charge on any atom is -0.374 e. The van der Waals surface area contributed by atoms with E-state index in [1.54, 1.807) is 0 Å². The number of rotatable bonds is 11. The van der Waals surface area contributed by atoms with Gasteiger partial charge in [-0.2, -0.15) is 5.10 Å². The van der Waals surface area contributed by atoms with E-state index in [0.717, 1.165) is 96.8 Å². The van der Waals surface area contributed by atoms with Crippen LogP contribution in [0.25, 0.3) is 22.2 Å². The first-order valence-electron chi connectivity index (χ1n) is 23.5. The molecule has 10 rings (SSSR count). The summed E-state index contributed by atoms with van der Waals surface area (Å²) in [4.78, 5) is 53.6. The highest BCUT2D eigenvalue weighted by Crippen LogP contribution is 2.37. The van der Waals surface area contributed by atoms with E-state index in [4.69, 9.17) is 10.1 Å². The molecule has 3 saturated heterocycles. The molecule has 4 aliphatic heterocycles. The van der Waals surface area contributed by atoms with Gasteiger partial charge in [0.1, 0.15) is 23.3 Å². The van der Waals surface area contributed by atoms with Gasteiger partial charge in [-0.1, -0.05) is 18.2 Å². The largest absolute Gasteiger partial charge is 0.374 e. The Balaban J connectivity index is 0.698. The minimum absolute atomic E-state index is 0.0483. The third-order valence-corrected chi connectivity index (χ3v) is 14.6. The topological polar surface area (TPSA) is 146 Å². The van der Waals surface area contributed by atoms with Crippen LogP contribution < -0.4 is 16.0 Å². The molecule has 66 heavy (non-hydrogen) atoms. The molecule has 4 aromatic heterocycles. The van der Waals surface area contributed by atoms with E-state index in [9.17, 15) is 14.4 Å². The summed E-state index contributed by atoms with van der Waals surface area (Å²) < 4.78 is 19.6. The molecule has 2 aromatic carbocycles. The summed E-state index contributed by atoms with van der Waals surface area (Å²) in [5.41, 5.74) is 9.72. The fourth-order valence-corrected chi connectivity index (χ4v) is 10.7. The van der Waals surface area contributed by atoms with Gasteiger partial charge in [0.2, 0.25) is 11.8 Å². The Kier molecular flexibility index (Phi) is 12.1. The first-order valence-corrected chi connectivity index (χ1v) is 23.5. The summed E-state index contributed by atoms with van der Waals surface area (Å²) in [6, 6.07) is 23.7. The lowest BCUT2D eigenvalue weighted by molar-refractivity contribution is -0.133. The molecule has 3 fully saturated rings. The van der Waals surface area contributed by atoms with Crippen LogP contribution in [0.3, 0.4) is 0 Å². The fourth-order valence-electron chi connectivity index (χ4n) is 10.7. The molecule has 4 aliphatic rings. The number of aryl methyl sites for hydroxylation is 1. The number of hydrogen-bond donors (Lipinski definition) is 3. The second-order valence-corrected chi connectivity index (χ2v) is 18.5. The molecule has 8 heterocycles. The molecule has 0 radical (unpaired) electrons. The van der Waals surface area contributed by atoms with Gasteiger partial charge in [-0.25, -0.2) is 14.4 Å². The Morgan fingerprint density at radius 1 is 0.879 bits per heavy atom. The van der Waals surface area contributed by atoms with Gasteiger partial charge >= 0.3 is 0 Å². The van der Waals surface area contributed by atoms with Crippen molar-refractivity contribution >= 4 is 40.3 Å². The molecule has 0 bridgehead atoms. The number of likely N-dealkylation sites (tertiary alicyclic amines) is 2. The molecule has 6 aromatic rings. The van der Waals surface area contributed by atoms with Crippen molar-refractivity contribution < 1.29 is 18.8 Å². The standard InChI is InChI=1S/C51H58FN11O3/c1-32(46-28-43-41(14-19-54-49(43)59(46)3)37-8-12-47(53-2)55-29-37)61-22-17-34(18-23-61)33-4-6-36(7-5-33)51(66)62-24-25-63-40(31-62)26-39(58-63)30-60-20-15-35(16-21-60)42-10-9-38(27-44(42)52)56-45-11-13-48(64)57-50(45)65/h4-10,12,14,19,26-29,32,34-35,45,56H,11,13,15-18,20-25,30-31H2,1-3H3,(H,53,55)(H,57,64,65)/t32-,45+/m0/s1. The van der Waals surface area contributed by atoms with Crippen molar-refractivity contribution in [2.45, 2.75) is 89.0 Å². The number of aromatic nitrogens is 5. The maximum atomic E-state index is 15.3. The first kappa shape index (κ1) is 43.4. The van der Waals surface area contributed by atoms with Crippen LogP contribution in [0.2, 0.25) is 0 Å². The third-order valence-electron chi connectivity index (χ3n) is 14.6. The summed E-state index contributed by atoms with van der Waals surface area (Å²) in [6.45, 7) is 8.46. The summed E-state index contributed by atoms with van der Waals surface area (Å²) >= 11 is 0. The average Bonchev–Trinajstić information content (AvgIpc) is 3.91. The number of hydrogen-bond acceptors (Lipinski definition) is 10. The molecule has 0 saturated carbocycles. The number of benzene rings is 2. The van der Waals surface area contributed by atoms with Gasteiger partial charge < -0.3 is 20.1 Å². The predicted molar refractivity (Wildman–Crippen MR) is 252 cm³/mol. The zero-order valence-electron chi connectivity index (χ0n) is 38.0. The number of amides is 3. The van der Waals surface area contributed by atoms with Crippen LogP contribution in [-0.4, -0.2) is 103 Å². The highest BCUT2D eigenvalue weighted by atomic mass is 19.1. The van der Waals surface area contributed by atoms with E-state index in [1.165, 1.54) is 17.3 Å². The Morgan fingerprint density at radius 3 is 2.39 bits per heavy atom. The van der Waals surface area contributed by atoms with E-state index in [2.05, 4.69) is 85.7 Å². The number of imide groups is 1. The first-order chi connectivity index (χ1) is 32.1. The quantitative estimate of drug-likeness (QED) is 0.114. The Morgan fingerprint density at radius 2 is 1.67 bits per heavy atom. The van der Waals surface area contributed by atoms with Gasteiger partial charge in [-0.3, -0.25) is 34.2 Å². The summed E-state index contributed by atoms with van der Waals surface area (Å²) in [5.74, 6) is 0.520. The SMILES string of the molecule is CNc1ccc(-c2ccnc3c2cc([C@H](C)N2CCC(c4ccc(C(=O)N5CCn6nc(CN7CCC(c8ccc(N[C@@H]9CCC(=O)NC9=O)cc8F)CC7)cc6C5)cc4)CC2)n3C)cn1. The van der Waals surface area contributed by atoms with Crippen LogP contribution in [0.5, 0.6) is 0 Å². The molecule has 14 nitrogen and oxygen atoms in total. The number of nitrogens with zero attached hydrogens (tertiary/aromatic N) is 8. The summed E-state index contributed by atoms with van der Waals surface area (Å²) in [7, 11) is 3.99. The van der Waals surface area contributed by atoms with E-state index >= 15 is 4.39 Å². The average molecular weight is 892 g/mol. The normalized spacial score (nSPS) is 19.5. The number of pyridine rings is 2. The van der Waals surface area contributed by atoms with Gasteiger partial charge in [0.25, 0.3) is 5.91 Å². The number of nitrogens with one attached hydrogen (secondary N) is 3. The molecule has 3 amide bonds. The maximum absolute atomic E-state index is 15.3. The zero-order valence-corrected chi connectivity index (χ0v) is 38.0. The number of halogens is 1. The third kappa shape index (κ3) is 8.81. The molecule has 15 heteroatoms.